The number of carbonyl (C=O) groups is 1. The fourth-order valence-electron chi connectivity index (χ4n) is 1.74. The summed E-state index contributed by atoms with van der Waals surface area (Å²) in [4.78, 5) is 28.0. The van der Waals surface area contributed by atoms with E-state index in [1.165, 1.54) is 10.9 Å². The molecule has 2 rings (SSSR count). The molecule has 0 aliphatic heterocycles. The number of carbonyl (C=O) groups excluding carboxylic acids is 1. The minimum atomic E-state index is -0.672. The molecule has 0 unspecified atom stereocenters. The Hall–Kier alpha value is -2.17. The van der Waals surface area contributed by atoms with Gasteiger partial charge in [0.05, 0.1) is 23.8 Å². The van der Waals surface area contributed by atoms with Gasteiger partial charge >= 0.3 is 5.97 Å². The molecule has 18 heavy (non-hydrogen) atoms. The predicted molar refractivity (Wildman–Crippen MR) is 67.3 cm³/mol. The monoisotopic (exact) mass is 246 g/mol. The Morgan fingerprint density at radius 2 is 2.17 bits per heavy atom. The van der Waals surface area contributed by atoms with Crippen LogP contribution in [0.5, 0.6) is 0 Å². The normalized spacial score (nSPS) is 12.3. The van der Waals surface area contributed by atoms with Crippen molar-refractivity contribution in [2.24, 2.45) is 0 Å². The number of para-hydroxylation sites is 1. The number of esters is 1. The van der Waals surface area contributed by atoms with Crippen LogP contribution in [-0.4, -0.2) is 22.1 Å². The Labute approximate surface area is 104 Å². The lowest BCUT2D eigenvalue weighted by Crippen LogP contribution is -2.29. The second-order valence-corrected chi connectivity index (χ2v) is 3.90. The SMILES string of the molecule is CCOC(=O)[C@@H](C)n1cnc2ccccc2c1=O. The van der Waals surface area contributed by atoms with E-state index in [0.29, 0.717) is 17.5 Å². The largest absolute Gasteiger partial charge is 0.464 e. The summed E-state index contributed by atoms with van der Waals surface area (Å²) in [6.07, 6.45) is 1.38. The molecule has 5 heteroatoms. The van der Waals surface area contributed by atoms with Crippen LogP contribution < -0.4 is 5.56 Å². The summed E-state index contributed by atoms with van der Waals surface area (Å²) in [5, 5.41) is 0.496. The maximum atomic E-state index is 12.2. The Balaban J connectivity index is 2.49. The summed E-state index contributed by atoms with van der Waals surface area (Å²) in [5.74, 6) is -0.434. The van der Waals surface area contributed by atoms with Gasteiger partial charge in [-0.1, -0.05) is 12.1 Å². The van der Waals surface area contributed by atoms with E-state index in [4.69, 9.17) is 4.74 Å². The molecule has 0 fully saturated rings. The van der Waals surface area contributed by atoms with Crippen LogP contribution in [0.3, 0.4) is 0 Å². The zero-order valence-corrected chi connectivity index (χ0v) is 10.3. The lowest BCUT2D eigenvalue weighted by molar-refractivity contribution is -0.146. The topological polar surface area (TPSA) is 61.2 Å². The van der Waals surface area contributed by atoms with Gasteiger partial charge in [0.25, 0.3) is 5.56 Å². The van der Waals surface area contributed by atoms with Crippen LogP contribution >= 0.6 is 0 Å². The molecule has 1 aromatic heterocycles. The van der Waals surface area contributed by atoms with E-state index in [1.807, 2.05) is 6.07 Å². The van der Waals surface area contributed by atoms with Gasteiger partial charge in [-0.05, 0) is 26.0 Å². The van der Waals surface area contributed by atoms with Crippen molar-refractivity contribution in [1.29, 1.82) is 0 Å². The first kappa shape index (κ1) is 12.3. The molecule has 5 nitrogen and oxygen atoms in total. The fourth-order valence-corrected chi connectivity index (χ4v) is 1.74. The molecule has 0 bridgehead atoms. The molecule has 1 atom stereocenters. The molecular weight excluding hydrogens is 232 g/mol. The summed E-state index contributed by atoms with van der Waals surface area (Å²) < 4.78 is 6.19. The number of hydrogen-bond acceptors (Lipinski definition) is 4. The van der Waals surface area contributed by atoms with Gasteiger partial charge in [0.15, 0.2) is 0 Å². The van der Waals surface area contributed by atoms with Crippen LogP contribution in [0.1, 0.15) is 19.9 Å². The van der Waals surface area contributed by atoms with Crippen molar-refractivity contribution in [2.45, 2.75) is 19.9 Å². The van der Waals surface area contributed by atoms with Crippen molar-refractivity contribution < 1.29 is 9.53 Å². The maximum Gasteiger partial charge on any atom is 0.328 e. The summed E-state index contributed by atoms with van der Waals surface area (Å²) in [6.45, 7) is 3.64. The van der Waals surface area contributed by atoms with Gasteiger partial charge in [0.2, 0.25) is 0 Å². The van der Waals surface area contributed by atoms with Crippen LogP contribution in [0.25, 0.3) is 10.9 Å². The van der Waals surface area contributed by atoms with Crippen LogP contribution in [0.4, 0.5) is 0 Å². The molecule has 0 aliphatic rings. The van der Waals surface area contributed by atoms with Gasteiger partial charge in [-0.15, -0.1) is 0 Å². The molecule has 94 valence electrons. The summed E-state index contributed by atoms with van der Waals surface area (Å²) in [6, 6.07) is 6.36. The molecule has 0 N–H and O–H groups in total. The second-order valence-electron chi connectivity index (χ2n) is 3.90. The molecular formula is C13H14N2O3. The summed E-state index contributed by atoms with van der Waals surface area (Å²) >= 11 is 0. The minimum absolute atomic E-state index is 0.235. The van der Waals surface area contributed by atoms with Gasteiger partial charge in [-0.3, -0.25) is 9.36 Å². The summed E-state index contributed by atoms with van der Waals surface area (Å²) in [5.41, 5.74) is 0.385. The van der Waals surface area contributed by atoms with E-state index in [2.05, 4.69) is 4.98 Å². The number of aromatic nitrogens is 2. The van der Waals surface area contributed by atoms with E-state index in [0.717, 1.165) is 0 Å². The third-order valence-electron chi connectivity index (χ3n) is 2.74. The predicted octanol–water partition coefficient (Wildman–Crippen LogP) is 1.52. The van der Waals surface area contributed by atoms with Gasteiger partial charge < -0.3 is 4.74 Å². The quantitative estimate of drug-likeness (QED) is 0.770. The highest BCUT2D eigenvalue weighted by molar-refractivity contribution is 5.78. The van der Waals surface area contributed by atoms with Crippen molar-refractivity contribution in [2.75, 3.05) is 6.61 Å². The molecule has 2 aromatic rings. The van der Waals surface area contributed by atoms with Gasteiger partial charge in [0.1, 0.15) is 6.04 Å². The van der Waals surface area contributed by atoms with E-state index in [9.17, 15) is 9.59 Å². The van der Waals surface area contributed by atoms with Gasteiger partial charge in [-0.25, -0.2) is 9.78 Å². The Kier molecular flexibility index (Phi) is 3.41. The van der Waals surface area contributed by atoms with E-state index in [-0.39, 0.29) is 5.56 Å². The number of rotatable bonds is 3. The van der Waals surface area contributed by atoms with E-state index < -0.39 is 12.0 Å². The van der Waals surface area contributed by atoms with Crippen molar-refractivity contribution in [3.8, 4) is 0 Å². The first-order valence-corrected chi connectivity index (χ1v) is 5.77. The van der Waals surface area contributed by atoms with Gasteiger partial charge in [0, 0.05) is 0 Å². The first-order valence-electron chi connectivity index (χ1n) is 5.77. The minimum Gasteiger partial charge on any atom is -0.464 e. The van der Waals surface area contributed by atoms with Crippen LogP contribution in [0.2, 0.25) is 0 Å². The van der Waals surface area contributed by atoms with E-state index >= 15 is 0 Å². The third kappa shape index (κ3) is 2.11. The lowest BCUT2D eigenvalue weighted by atomic mass is 10.2. The first-order chi connectivity index (χ1) is 8.65. The molecule has 0 spiro atoms. The second kappa shape index (κ2) is 5.00. The third-order valence-corrected chi connectivity index (χ3v) is 2.74. The van der Waals surface area contributed by atoms with Crippen molar-refractivity contribution in [1.82, 2.24) is 9.55 Å². The molecule has 0 saturated carbocycles. The Morgan fingerprint density at radius 3 is 2.89 bits per heavy atom. The zero-order chi connectivity index (χ0) is 13.1. The molecule has 0 saturated heterocycles. The average molecular weight is 246 g/mol. The Bertz CT molecular complexity index is 633. The molecule has 1 heterocycles. The highest BCUT2D eigenvalue weighted by Crippen LogP contribution is 2.09. The number of ether oxygens (including phenoxy) is 1. The van der Waals surface area contributed by atoms with Crippen molar-refractivity contribution in [3.05, 3.63) is 40.9 Å². The van der Waals surface area contributed by atoms with Crippen molar-refractivity contribution >= 4 is 16.9 Å². The van der Waals surface area contributed by atoms with Crippen LogP contribution in [0.15, 0.2) is 35.4 Å². The van der Waals surface area contributed by atoms with Gasteiger partial charge in [-0.2, -0.15) is 0 Å². The zero-order valence-electron chi connectivity index (χ0n) is 10.3. The maximum absolute atomic E-state index is 12.2. The van der Waals surface area contributed by atoms with Crippen LogP contribution in [0, 0.1) is 0 Å². The van der Waals surface area contributed by atoms with E-state index in [1.54, 1.807) is 32.0 Å². The summed E-state index contributed by atoms with van der Waals surface area (Å²) in [7, 11) is 0. The molecule has 0 amide bonds. The fraction of sp³-hybridized carbons (Fsp3) is 0.308. The number of nitrogens with zero attached hydrogens (tertiary/aromatic N) is 2. The number of benzene rings is 1. The highest BCUT2D eigenvalue weighted by atomic mass is 16.5. The Morgan fingerprint density at radius 1 is 1.44 bits per heavy atom. The average Bonchev–Trinajstić information content (AvgIpc) is 2.39. The van der Waals surface area contributed by atoms with Crippen molar-refractivity contribution in [3.63, 3.8) is 0 Å². The van der Waals surface area contributed by atoms with Crippen LogP contribution in [-0.2, 0) is 9.53 Å². The molecule has 1 aromatic carbocycles. The molecule has 0 radical (unpaired) electrons. The standard InChI is InChI=1S/C13H14N2O3/c1-3-18-13(17)9(2)15-8-14-11-7-5-4-6-10(11)12(15)16/h4-9H,3H2,1-2H3/t9-/m1/s1. The number of fused-ring (bicyclic) bond motifs is 1. The molecule has 0 aliphatic carbocycles. The lowest BCUT2D eigenvalue weighted by Gasteiger charge is -2.13. The number of hydrogen-bond donors (Lipinski definition) is 0. The smallest absolute Gasteiger partial charge is 0.328 e. The highest BCUT2D eigenvalue weighted by Gasteiger charge is 2.18.